The number of imide groups is 2. The molecule has 0 radical (unpaired) electrons. The highest BCUT2D eigenvalue weighted by molar-refractivity contribution is 9.11. The first-order chi connectivity index (χ1) is 12.3. The minimum Gasteiger partial charge on any atom is -0.506 e. The number of nitrogens with zero attached hydrogens (tertiary/aromatic N) is 1. The lowest BCUT2D eigenvalue weighted by molar-refractivity contribution is -0.122. The van der Waals surface area contributed by atoms with Crippen LogP contribution in [0.2, 0.25) is 0 Å². The van der Waals surface area contributed by atoms with Gasteiger partial charge in [0, 0.05) is 10.0 Å². The van der Waals surface area contributed by atoms with Gasteiger partial charge in [-0.2, -0.15) is 0 Å². The number of aromatic hydroxyl groups is 1. The summed E-state index contributed by atoms with van der Waals surface area (Å²) < 4.78 is 14.0. The maximum absolute atomic E-state index is 13.1. The number of halogens is 3. The molecule has 0 unspecified atom stereocenters. The number of benzene rings is 2. The van der Waals surface area contributed by atoms with Gasteiger partial charge in [-0.3, -0.25) is 14.9 Å². The summed E-state index contributed by atoms with van der Waals surface area (Å²) >= 11 is 6.41. The largest absolute Gasteiger partial charge is 0.506 e. The number of hydrogen-bond donors (Lipinski definition) is 2. The van der Waals surface area contributed by atoms with Gasteiger partial charge in [-0.15, -0.1) is 0 Å². The molecule has 1 fully saturated rings. The van der Waals surface area contributed by atoms with Crippen LogP contribution in [0.15, 0.2) is 50.9 Å². The molecule has 1 saturated heterocycles. The molecule has 0 aromatic heterocycles. The highest BCUT2D eigenvalue weighted by Gasteiger charge is 2.37. The molecule has 4 amide bonds. The molecule has 2 aromatic rings. The van der Waals surface area contributed by atoms with Crippen LogP contribution in [0.5, 0.6) is 5.75 Å². The Morgan fingerprint density at radius 2 is 1.73 bits per heavy atom. The Labute approximate surface area is 163 Å². The Bertz CT molecular complexity index is 973. The Morgan fingerprint density at radius 1 is 1.08 bits per heavy atom. The average Bonchev–Trinajstić information content (AvgIpc) is 2.57. The predicted molar refractivity (Wildman–Crippen MR) is 98.9 cm³/mol. The maximum atomic E-state index is 13.1. The third-order valence-corrected chi connectivity index (χ3v) is 4.61. The monoisotopic (exact) mass is 482 g/mol. The second-order valence-electron chi connectivity index (χ2n) is 5.26. The second kappa shape index (κ2) is 7.00. The first kappa shape index (κ1) is 18.3. The van der Waals surface area contributed by atoms with E-state index in [4.69, 9.17) is 0 Å². The number of urea groups is 1. The zero-order valence-electron chi connectivity index (χ0n) is 12.8. The van der Waals surface area contributed by atoms with Crippen molar-refractivity contribution in [2.45, 2.75) is 0 Å². The van der Waals surface area contributed by atoms with E-state index in [9.17, 15) is 23.9 Å². The molecule has 1 aliphatic heterocycles. The number of carbonyl (C=O) groups excluding carboxylic acids is 3. The van der Waals surface area contributed by atoms with E-state index in [-0.39, 0.29) is 22.6 Å². The number of barbiturate groups is 1. The zero-order chi connectivity index (χ0) is 19.0. The minimum atomic E-state index is -0.941. The van der Waals surface area contributed by atoms with E-state index in [1.54, 1.807) is 6.07 Å². The van der Waals surface area contributed by atoms with Gasteiger partial charge in [0.1, 0.15) is 17.1 Å². The van der Waals surface area contributed by atoms with Crippen LogP contribution in [0, 0.1) is 5.82 Å². The maximum Gasteiger partial charge on any atom is 0.335 e. The van der Waals surface area contributed by atoms with Crippen LogP contribution in [-0.2, 0) is 9.59 Å². The number of anilines is 1. The molecule has 0 saturated carbocycles. The number of amides is 4. The van der Waals surface area contributed by atoms with Crippen molar-refractivity contribution in [3.05, 3.63) is 62.3 Å². The summed E-state index contributed by atoms with van der Waals surface area (Å²) in [6.45, 7) is 0. The van der Waals surface area contributed by atoms with Gasteiger partial charge in [-0.1, -0.05) is 15.9 Å². The molecule has 26 heavy (non-hydrogen) atoms. The molecule has 0 aliphatic carbocycles. The van der Waals surface area contributed by atoms with Gasteiger partial charge in [-0.25, -0.2) is 14.1 Å². The highest BCUT2D eigenvalue weighted by Crippen LogP contribution is 2.33. The summed E-state index contributed by atoms with van der Waals surface area (Å²) in [7, 11) is 0. The standard InChI is InChI=1S/C17H9Br2FN2O4/c18-9-5-8(14(23)13(19)7-9)6-12-15(24)21-17(26)22(16(12)25)11-3-1-10(20)2-4-11/h1-7,23H,(H,21,24,26)/b12-6+. The second-order valence-corrected chi connectivity index (χ2v) is 7.03. The topological polar surface area (TPSA) is 86.7 Å². The summed E-state index contributed by atoms with van der Waals surface area (Å²) in [5, 5.41) is 12.2. The molecule has 2 N–H and O–H groups in total. The fraction of sp³-hybridized carbons (Fsp3) is 0. The van der Waals surface area contributed by atoms with Crippen molar-refractivity contribution in [3.8, 4) is 5.75 Å². The summed E-state index contributed by atoms with van der Waals surface area (Å²) in [5.41, 5.74) is -0.0562. The number of phenols is 1. The van der Waals surface area contributed by atoms with Gasteiger partial charge in [-0.05, 0) is 58.4 Å². The number of rotatable bonds is 2. The van der Waals surface area contributed by atoms with Crippen LogP contribution in [0.3, 0.4) is 0 Å². The highest BCUT2D eigenvalue weighted by atomic mass is 79.9. The van der Waals surface area contributed by atoms with Crippen LogP contribution in [0.25, 0.3) is 6.08 Å². The Balaban J connectivity index is 2.07. The molecule has 1 aliphatic rings. The number of phenolic OH excluding ortho intramolecular Hbond substituents is 1. The summed E-state index contributed by atoms with van der Waals surface area (Å²) in [5.74, 6) is -2.49. The molecule has 9 heteroatoms. The fourth-order valence-corrected chi connectivity index (χ4v) is 3.59. The molecule has 2 aromatic carbocycles. The van der Waals surface area contributed by atoms with E-state index in [0.29, 0.717) is 8.95 Å². The van der Waals surface area contributed by atoms with E-state index in [1.165, 1.54) is 24.3 Å². The average molecular weight is 484 g/mol. The lowest BCUT2D eigenvalue weighted by Gasteiger charge is -2.26. The fourth-order valence-electron chi connectivity index (χ4n) is 2.33. The van der Waals surface area contributed by atoms with Crippen molar-refractivity contribution in [3.63, 3.8) is 0 Å². The third kappa shape index (κ3) is 3.40. The molecule has 132 valence electrons. The quantitative estimate of drug-likeness (QED) is 0.503. The molecular formula is C17H9Br2FN2O4. The summed E-state index contributed by atoms with van der Waals surface area (Å²) in [4.78, 5) is 37.6. The Morgan fingerprint density at radius 3 is 2.38 bits per heavy atom. The Hall–Kier alpha value is -2.52. The van der Waals surface area contributed by atoms with Crippen molar-refractivity contribution in [1.29, 1.82) is 0 Å². The van der Waals surface area contributed by atoms with Crippen molar-refractivity contribution in [2.75, 3.05) is 4.90 Å². The van der Waals surface area contributed by atoms with Gasteiger partial charge in [0.05, 0.1) is 10.2 Å². The van der Waals surface area contributed by atoms with Gasteiger partial charge in [0.15, 0.2) is 0 Å². The Kier molecular flexibility index (Phi) is 4.92. The van der Waals surface area contributed by atoms with E-state index in [1.807, 2.05) is 0 Å². The molecule has 0 bridgehead atoms. The van der Waals surface area contributed by atoms with Gasteiger partial charge in [0.25, 0.3) is 11.8 Å². The molecule has 3 rings (SSSR count). The lowest BCUT2D eigenvalue weighted by Crippen LogP contribution is -2.54. The number of nitrogens with one attached hydrogen (secondary N) is 1. The van der Waals surface area contributed by atoms with Gasteiger partial charge >= 0.3 is 6.03 Å². The van der Waals surface area contributed by atoms with E-state index in [2.05, 4.69) is 37.2 Å². The predicted octanol–water partition coefficient (Wildman–Crippen LogP) is 3.72. The van der Waals surface area contributed by atoms with E-state index < -0.39 is 23.7 Å². The van der Waals surface area contributed by atoms with Crippen molar-refractivity contribution < 1.29 is 23.9 Å². The zero-order valence-corrected chi connectivity index (χ0v) is 16.0. The lowest BCUT2D eigenvalue weighted by atomic mass is 10.1. The van der Waals surface area contributed by atoms with E-state index >= 15 is 0 Å². The van der Waals surface area contributed by atoms with E-state index in [0.717, 1.165) is 17.0 Å². The van der Waals surface area contributed by atoms with Crippen molar-refractivity contribution >= 4 is 61.5 Å². The van der Waals surface area contributed by atoms with Crippen LogP contribution in [-0.4, -0.2) is 23.0 Å². The summed E-state index contributed by atoms with van der Waals surface area (Å²) in [6.07, 6.45) is 1.17. The van der Waals surface area contributed by atoms with Crippen LogP contribution in [0.1, 0.15) is 5.56 Å². The molecule has 6 nitrogen and oxygen atoms in total. The van der Waals surface area contributed by atoms with Gasteiger partial charge in [0.2, 0.25) is 0 Å². The molecule has 1 heterocycles. The number of hydrogen-bond acceptors (Lipinski definition) is 4. The molecular weight excluding hydrogens is 475 g/mol. The van der Waals surface area contributed by atoms with Gasteiger partial charge < -0.3 is 5.11 Å². The van der Waals surface area contributed by atoms with Crippen LogP contribution < -0.4 is 10.2 Å². The first-order valence-corrected chi connectivity index (χ1v) is 8.71. The molecule has 0 spiro atoms. The minimum absolute atomic E-state index is 0.104. The smallest absolute Gasteiger partial charge is 0.335 e. The normalized spacial score (nSPS) is 16.2. The number of carbonyl (C=O) groups is 3. The van der Waals surface area contributed by atoms with Crippen molar-refractivity contribution in [1.82, 2.24) is 5.32 Å². The SMILES string of the molecule is O=C1NC(=O)N(c2ccc(F)cc2)C(=O)/C1=C/c1cc(Br)cc(Br)c1O. The third-order valence-electron chi connectivity index (χ3n) is 3.54. The molecule has 0 atom stereocenters. The van der Waals surface area contributed by atoms with Crippen LogP contribution >= 0.6 is 31.9 Å². The summed E-state index contributed by atoms with van der Waals surface area (Å²) in [6, 6.07) is 6.82. The first-order valence-electron chi connectivity index (χ1n) is 7.13. The van der Waals surface area contributed by atoms with Crippen molar-refractivity contribution in [2.24, 2.45) is 0 Å². The van der Waals surface area contributed by atoms with Crippen LogP contribution in [0.4, 0.5) is 14.9 Å².